The molecule has 5 heteroatoms. The fourth-order valence-corrected chi connectivity index (χ4v) is 1.21. The fourth-order valence-electron chi connectivity index (χ4n) is 1.21. The zero-order valence-corrected chi connectivity index (χ0v) is 6.97. The normalized spacial score (nSPS) is 41.6. The lowest BCUT2D eigenvalue weighted by Gasteiger charge is -2.16. The first kappa shape index (κ1) is 9.60. The zero-order valence-electron chi connectivity index (χ0n) is 6.97. The summed E-state index contributed by atoms with van der Waals surface area (Å²) >= 11 is 0. The highest BCUT2D eigenvalue weighted by atomic mass is 16.7. The van der Waals surface area contributed by atoms with Crippen LogP contribution in [0.4, 0.5) is 0 Å². The van der Waals surface area contributed by atoms with Crippen molar-refractivity contribution < 1.29 is 24.1 Å². The van der Waals surface area contributed by atoms with E-state index in [2.05, 4.69) is 0 Å². The van der Waals surface area contributed by atoms with E-state index in [0.717, 1.165) is 0 Å². The summed E-state index contributed by atoms with van der Waals surface area (Å²) in [5.74, 6) is 0. The van der Waals surface area contributed by atoms with Crippen molar-refractivity contribution in [1.29, 1.82) is 0 Å². The highest BCUT2D eigenvalue weighted by molar-refractivity contribution is 5.58. The van der Waals surface area contributed by atoms with Crippen LogP contribution in [0.15, 0.2) is 0 Å². The van der Waals surface area contributed by atoms with Crippen molar-refractivity contribution in [3.63, 3.8) is 0 Å². The summed E-state index contributed by atoms with van der Waals surface area (Å²) in [5, 5.41) is 9.39. The molecule has 4 atom stereocenters. The summed E-state index contributed by atoms with van der Waals surface area (Å²) in [5.41, 5.74) is 0. The van der Waals surface area contributed by atoms with Gasteiger partial charge in [-0.05, 0) is 0 Å². The molecule has 0 bridgehead atoms. The summed E-state index contributed by atoms with van der Waals surface area (Å²) in [6, 6.07) is 0. The van der Waals surface area contributed by atoms with Crippen molar-refractivity contribution in [2.24, 2.45) is 0 Å². The molecule has 0 aromatic carbocycles. The molecule has 1 heterocycles. The van der Waals surface area contributed by atoms with E-state index in [0.29, 0.717) is 6.29 Å². The molecule has 1 N–H and O–H groups in total. The van der Waals surface area contributed by atoms with E-state index in [1.165, 1.54) is 14.2 Å². The van der Waals surface area contributed by atoms with Gasteiger partial charge in [-0.15, -0.1) is 0 Å². The molecule has 0 saturated carbocycles. The topological polar surface area (TPSA) is 65.0 Å². The first-order chi connectivity index (χ1) is 5.74. The number of aldehydes is 1. The van der Waals surface area contributed by atoms with Gasteiger partial charge in [0, 0.05) is 14.2 Å². The van der Waals surface area contributed by atoms with Crippen LogP contribution in [0.5, 0.6) is 0 Å². The van der Waals surface area contributed by atoms with Crippen LogP contribution < -0.4 is 0 Å². The predicted octanol–water partition coefficient (Wildman–Crippen LogP) is -1.07. The van der Waals surface area contributed by atoms with E-state index >= 15 is 0 Å². The Balaban J connectivity index is 2.64. The fraction of sp³-hybridized carbons (Fsp3) is 0.857. The molecule has 1 aliphatic rings. The summed E-state index contributed by atoms with van der Waals surface area (Å²) in [4.78, 5) is 10.3. The maximum atomic E-state index is 10.3. The maximum absolute atomic E-state index is 10.3. The van der Waals surface area contributed by atoms with Gasteiger partial charge in [0.15, 0.2) is 12.6 Å². The molecule has 1 saturated heterocycles. The summed E-state index contributed by atoms with van der Waals surface area (Å²) < 4.78 is 14.8. The lowest BCUT2D eigenvalue weighted by Crippen LogP contribution is -2.35. The number of hydrogen-bond acceptors (Lipinski definition) is 5. The van der Waals surface area contributed by atoms with E-state index < -0.39 is 24.6 Å². The first-order valence-corrected chi connectivity index (χ1v) is 3.59. The number of carbonyl (C=O) groups excluding carboxylic acids is 1. The molecular formula is C7H12O5. The monoisotopic (exact) mass is 176 g/mol. The van der Waals surface area contributed by atoms with Gasteiger partial charge in [0.05, 0.1) is 0 Å². The lowest BCUT2D eigenvalue weighted by atomic mass is 10.1. The van der Waals surface area contributed by atoms with Gasteiger partial charge in [-0.2, -0.15) is 0 Å². The third-order valence-electron chi connectivity index (χ3n) is 1.87. The maximum Gasteiger partial charge on any atom is 0.187 e. The molecule has 0 aromatic rings. The molecule has 2 unspecified atom stereocenters. The molecule has 0 aliphatic carbocycles. The number of aliphatic hydroxyl groups excluding tert-OH is 1. The van der Waals surface area contributed by atoms with Crippen molar-refractivity contribution in [2.45, 2.75) is 24.6 Å². The Labute approximate surface area is 70.2 Å². The van der Waals surface area contributed by atoms with Crippen molar-refractivity contribution in [1.82, 2.24) is 0 Å². The minimum atomic E-state index is -0.947. The Hall–Kier alpha value is -0.490. The van der Waals surface area contributed by atoms with Crippen molar-refractivity contribution >= 4 is 6.29 Å². The van der Waals surface area contributed by atoms with Crippen LogP contribution >= 0.6 is 0 Å². The Morgan fingerprint density at radius 1 is 1.42 bits per heavy atom. The Morgan fingerprint density at radius 2 is 2.08 bits per heavy atom. The molecular weight excluding hydrogens is 164 g/mol. The average Bonchev–Trinajstić information content (AvgIpc) is 2.41. The van der Waals surface area contributed by atoms with Crippen molar-refractivity contribution in [2.75, 3.05) is 14.2 Å². The molecule has 1 rings (SSSR count). The van der Waals surface area contributed by atoms with Gasteiger partial charge in [-0.3, -0.25) is 0 Å². The van der Waals surface area contributed by atoms with E-state index in [1.807, 2.05) is 0 Å². The third kappa shape index (κ3) is 1.49. The van der Waals surface area contributed by atoms with Crippen LogP contribution in [0.2, 0.25) is 0 Å². The molecule has 1 aliphatic heterocycles. The number of ether oxygens (including phenoxy) is 3. The molecule has 1 fully saturated rings. The molecule has 0 spiro atoms. The largest absolute Gasteiger partial charge is 0.387 e. The second-order valence-electron chi connectivity index (χ2n) is 2.53. The van der Waals surface area contributed by atoms with Crippen LogP contribution in [0.1, 0.15) is 0 Å². The van der Waals surface area contributed by atoms with Crippen LogP contribution in [0.25, 0.3) is 0 Å². The van der Waals surface area contributed by atoms with Gasteiger partial charge in [0.2, 0.25) is 0 Å². The first-order valence-electron chi connectivity index (χ1n) is 3.59. The smallest absolute Gasteiger partial charge is 0.187 e. The summed E-state index contributed by atoms with van der Waals surface area (Å²) in [6.07, 6.45) is -2.52. The quantitative estimate of drug-likeness (QED) is 0.555. The molecule has 70 valence electrons. The van der Waals surface area contributed by atoms with Gasteiger partial charge < -0.3 is 24.1 Å². The number of methoxy groups -OCH3 is 2. The Kier molecular flexibility index (Phi) is 3.16. The SMILES string of the molecule is COC1C(O)[C@@H](C=O)O[C@@H]1OC. The standard InChI is InChI=1S/C7H12O5/c1-10-6-5(9)4(3-8)12-7(6)11-2/h3-7,9H,1-2H3/t4-,5?,6?,7+/m1/s1. The Morgan fingerprint density at radius 3 is 2.42 bits per heavy atom. The van der Waals surface area contributed by atoms with Gasteiger partial charge in [-0.1, -0.05) is 0 Å². The third-order valence-corrected chi connectivity index (χ3v) is 1.87. The second kappa shape index (κ2) is 3.95. The van der Waals surface area contributed by atoms with Gasteiger partial charge in [0.1, 0.15) is 18.3 Å². The van der Waals surface area contributed by atoms with Gasteiger partial charge in [-0.25, -0.2) is 0 Å². The predicted molar refractivity (Wildman–Crippen MR) is 38.5 cm³/mol. The molecule has 12 heavy (non-hydrogen) atoms. The zero-order chi connectivity index (χ0) is 9.14. The van der Waals surface area contributed by atoms with E-state index in [4.69, 9.17) is 14.2 Å². The van der Waals surface area contributed by atoms with E-state index in [-0.39, 0.29) is 0 Å². The molecule has 0 aromatic heterocycles. The van der Waals surface area contributed by atoms with E-state index in [1.54, 1.807) is 0 Å². The van der Waals surface area contributed by atoms with Crippen LogP contribution in [0.3, 0.4) is 0 Å². The average molecular weight is 176 g/mol. The summed E-state index contributed by atoms with van der Waals surface area (Å²) in [6.45, 7) is 0. The Bertz CT molecular complexity index is 160. The van der Waals surface area contributed by atoms with Crippen LogP contribution in [-0.2, 0) is 19.0 Å². The number of carbonyl (C=O) groups is 1. The summed E-state index contributed by atoms with van der Waals surface area (Å²) in [7, 11) is 2.85. The molecule has 0 amide bonds. The number of aliphatic hydroxyl groups is 1. The highest BCUT2D eigenvalue weighted by Gasteiger charge is 2.44. The highest BCUT2D eigenvalue weighted by Crippen LogP contribution is 2.22. The van der Waals surface area contributed by atoms with E-state index in [9.17, 15) is 9.90 Å². The van der Waals surface area contributed by atoms with Crippen LogP contribution in [0, 0.1) is 0 Å². The van der Waals surface area contributed by atoms with Crippen LogP contribution in [-0.4, -0.2) is 50.2 Å². The minimum Gasteiger partial charge on any atom is -0.387 e. The van der Waals surface area contributed by atoms with Crippen molar-refractivity contribution in [3.05, 3.63) is 0 Å². The molecule has 0 radical (unpaired) electrons. The van der Waals surface area contributed by atoms with Crippen molar-refractivity contribution in [3.8, 4) is 0 Å². The number of hydrogen-bond donors (Lipinski definition) is 1. The minimum absolute atomic E-state index is 0.537. The molecule has 5 nitrogen and oxygen atoms in total. The lowest BCUT2D eigenvalue weighted by molar-refractivity contribution is -0.158. The van der Waals surface area contributed by atoms with Gasteiger partial charge >= 0.3 is 0 Å². The second-order valence-corrected chi connectivity index (χ2v) is 2.53. The number of rotatable bonds is 3. The van der Waals surface area contributed by atoms with Gasteiger partial charge in [0.25, 0.3) is 0 Å².